The van der Waals surface area contributed by atoms with E-state index in [1.165, 1.54) is 56.9 Å². The molecule has 0 spiro atoms. The second-order valence-corrected chi connectivity index (χ2v) is 7.40. The van der Waals surface area contributed by atoms with Crippen LogP contribution in [0.5, 0.6) is 0 Å². The predicted molar refractivity (Wildman–Crippen MR) is 95.8 cm³/mol. The topological polar surface area (TPSA) is 73.0 Å². The molecule has 1 saturated heterocycles. The number of hydrogen-bond acceptors (Lipinski definition) is 3. The molecule has 1 saturated carbocycles. The molecule has 4 heteroatoms. The Labute approximate surface area is 141 Å². The highest BCUT2D eigenvalue weighted by Gasteiger charge is 2.43. The van der Waals surface area contributed by atoms with Crippen LogP contribution in [0.2, 0.25) is 0 Å². The summed E-state index contributed by atoms with van der Waals surface area (Å²) in [5.41, 5.74) is 7.46. The number of rotatable bonds is 12. The zero-order valence-corrected chi connectivity index (χ0v) is 14.9. The number of amides is 1. The Morgan fingerprint density at radius 3 is 2.39 bits per heavy atom. The molecule has 1 heterocycles. The lowest BCUT2D eigenvalue weighted by Crippen LogP contribution is -2.37. The van der Waals surface area contributed by atoms with Crippen molar-refractivity contribution in [2.75, 3.05) is 0 Å². The van der Waals surface area contributed by atoms with Crippen molar-refractivity contribution in [2.24, 2.45) is 0 Å². The molecule has 0 aromatic heterocycles. The van der Waals surface area contributed by atoms with Gasteiger partial charge in [0.2, 0.25) is 5.91 Å². The molecule has 1 unspecified atom stereocenters. The van der Waals surface area contributed by atoms with Crippen LogP contribution in [0.3, 0.4) is 0 Å². The van der Waals surface area contributed by atoms with Crippen molar-refractivity contribution < 1.29 is 4.79 Å². The third-order valence-electron chi connectivity index (χ3n) is 5.22. The van der Waals surface area contributed by atoms with Gasteiger partial charge in [-0.05, 0) is 25.7 Å². The average Bonchev–Trinajstić information content (AvgIpc) is 3.17. The van der Waals surface area contributed by atoms with E-state index in [0.717, 1.165) is 25.7 Å². The highest BCUT2D eigenvalue weighted by atomic mass is 16.1. The van der Waals surface area contributed by atoms with Gasteiger partial charge >= 0.3 is 0 Å². The smallest absolute Gasteiger partial charge is 0.223 e. The highest BCUT2D eigenvalue weighted by molar-refractivity contribution is 5.78. The normalized spacial score (nSPS) is 22.3. The third kappa shape index (κ3) is 6.64. The number of unbranched alkanes of at least 4 members (excludes halogenated alkanes) is 7. The molecule has 1 atom stereocenters. The monoisotopic (exact) mass is 321 g/mol. The third-order valence-corrected chi connectivity index (χ3v) is 5.22. The first-order valence-electron chi connectivity index (χ1n) is 9.66. The van der Waals surface area contributed by atoms with Gasteiger partial charge in [-0.15, -0.1) is 0 Å². The summed E-state index contributed by atoms with van der Waals surface area (Å²) in [7, 11) is 0. The van der Waals surface area contributed by atoms with Gasteiger partial charge in [-0.3, -0.25) is 4.79 Å². The van der Waals surface area contributed by atoms with E-state index in [4.69, 9.17) is 0 Å². The Hall–Kier alpha value is -0.870. The number of hydrazine groups is 1. The Bertz CT molecular complexity index is 390. The highest BCUT2D eigenvalue weighted by Crippen LogP contribution is 2.26. The molecule has 0 aromatic carbocycles. The lowest BCUT2D eigenvalue weighted by molar-refractivity contribution is -0.122. The van der Waals surface area contributed by atoms with Crippen molar-refractivity contribution in [2.45, 2.75) is 102 Å². The fourth-order valence-corrected chi connectivity index (χ4v) is 3.56. The molecule has 132 valence electrons. The molecule has 4 nitrogen and oxygen atoms in total. The fraction of sp³-hybridized carbons (Fsp3) is 0.842. The quantitative estimate of drug-likeness (QED) is 0.290. The van der Waals surface area contributed by atoms with Crippen molar-refractivity contribution in [1.82, 2.24) is 16.2 Å². The summed E-state index contributed by atoms with van der Waals surface area (Å²) >= 11 is 0. The molecule has 1 amide bonds. The molecule has 0 radical (unpaired) electrons. The van der Waals surface area contributed by atoms with E-state index in [9.17, 15) is 4.79 Å². The maximum atomic E-state index is 12.2. The van der Waals surface area contributed by atoms with Crippen molar-refractivity contribution >= 4 is 5.91 Å². The molecule has 0 aromatic rings. The number of carbonyl (C=O) groups excluding carboxylic acids is 1. The van der Waals surface area contributed by atoms with Crippen LogP contribution in [-0.2, 0) is 4.79 Å². The van der Waals surface area contributed by atoms with E-state index >= 15 is 0 Å². The SMILES string of the molecule is C=C1CCCC1NC(=O)CC1(CCCCCCCCCC)NN1. The Morgan fingerprint density at radius 1 is 1.17 bits per heavy atom. The number of carbonyl (C=O) groups is 1. The summed E-state index contributed by atoms with van der Waals surface area (Å²) in [5.74, 6) is 0.148. The summed E-state index contributed by atoms with van der Waals surface area (Å²) in [4.78, 5) is 12.2. The van der Waals surface area contributed by atoms with Gasteiger partial charge in [0.25, 0.3) is 0 Å². The first kappa shape index (κ1) is 18.5. The van der Waals surface area contributed by atoms with Gasteiger partial charge in [0.15, 0.2) is 0 Å². The van der Waals surface area contributed by atoms with Crippen LogP contribution in [0.1, 0.15) is 90.4 Å². The van der Waals surface area contributed by atoms with Crippen LogP contribution in [0, 0.1) is 0 Å². The van der Waals surface area contributed by atoms with Crippen molar-refractivity contribution in [3.8, 4) is 0 Å². The molecule has 3 N–H and O–H groups in total. The standard InChI is InChI=1S/C19H35N3O/c1-3-4-5-6-7-8-9-10-14-19(21-22-19)15-18(23)20-17-13-11-12-16(17)2/h17,21-22H,2-15H2,1H3,(H,20,23). The number of nitrogens with one attached hydrogen (secondary N) is 3. The zero-order chi connectivity index (χ0) is 16.5. The van der Waals surface area contributed by atoms with Gasteiger partial charge in [-0.2, -0.15) is 0 Å². The molecule has 1 aliphatic carbocycles. The van der Waals surface area contributed by atoms with E-state index < -0.39 is 0 Å². The van der Waals surface area contributed by atoms with Crippen LogP contribution >= 0.6 is 0 Å². The summed E-state index contributed by atoms with van der Waals surface area (Å²) in [6.07, 6.45) is 15.5. The van der Waals surface area contributed by atoms with Crippen molar-refractivity contribution in [1.29, 1.82) is 0 Å². The van der Waals surface area contributed by atoms with E-state index in [1.807, 2.05) is 0 Å². The van der Waals surface area contributed by atoms with Crippen LogP contribution in [0.25, 0.3) is 0 Å². The lowest BCUT2D eigenvalue weighted by Gasteiger charge is -2.16. The van der Waals surface area contributed by atoms with Crippen molar-refractivity contribution in [3.05, 3.63) is 12.2 Å². The van der Waals surface area contributed by atoms with Gasteiger partial charge in [-0.25, -0.2) is 10.9 Å². The maximum absolute atomic E-state index is 12.2. The van der Waals surface area contributed by atoms with Crippen molar-refractivity contribution in [3.63, 3.8) is 0 Å². The van der Waals surface area contributed by atoms with Crippen LogP contribution in [0.15, 0.2) is 12.2 Å². The van der Waals surface area contributed by atoms with E-state index in [0.29, 0.717) is 6.42 Å². The van der Waals surface area contributed by atoms with Gasteiger partial charge in [-0.1, -0.05) is 70.4 Å². The number of hydrogen-bond donors (Lipinski definition) is 3. The van der Waals surface area contributed by atoms with Crippen LogP contribution < -0.4 is 16.2 Å². The van der Waals surface area contributed by atoms with E-state index in [1.54, 1.807) is 0 Å². The summed E-state index contributed by atoms with van der Waals surface area (Å²) < 4.78 is 0. The average molecular weight is 322 g/mol. The van der Waals surface area contributed by atoms with E-state index in [-0.39, 0.29) is 17.6 Å². The molecular formula is C19H35N3O. The van der Waals surface area contributed by atoms with Crippen LogP contribution in [0.4, 0.5) is 0 Å². The van der Waals surface area contributed by atoms with Gasteiger partial charge in [0.1, 0.15) is 5.66 Å². The largest absolute Gasteiger partial charge is 0.350 e. The fourth-order valence-electron chi connectivity index (χ4n) is 3.56. The summed E-state index contributed by atoms with van der Waals surface area (Å²) in [6.45, 7) is 6.31. The second kappa shape index (κ2) is 9.43. The van der Waals surface area contributed by atoms with Gasteiger partial charge < -0.3 is 5.32 Å². The maximum Gasteiger partial charge on any atom is 0.223 e. The Balaban J connectivity index is 1.53. The first-order chi connectivity index (χ1) is 11.2. The van der Waals surface area contributed by atoms with Crippen LogP contribution in [-0.4, -0.2) is 17.6 Å². The minimum Gasteiger partial charge on any atom is -0.350 e. The Kier molecular flexibility index (Phi) is 7.57. The molecule has 23 heavy (non-hydrogen) atoms. The zero-order valence-electron chi connectivity index (χ0n) is 14.9. The molecule has 0 bridgehead atoms. The minimum absolute atomic E-state index is 0.133. The molecule has 2 aliphatic rings. The Morgan fingerprint density at radius 2 is 1.83 bits per heavy atom. The molecule has 2 rings (SSSR count). The predicted octanol–water partition coefficient (Wildman–Crippen LogP) is 3.94. The summed E-state index contributed by atoms with van der Waals surface area (Å²) in [6, 6.07) is 0.210. The minimum atomic E-state index is -0.133. The molecular weight excluding hydrogens is 286 g/mol. The summed E-state index contributed by atoms with van der Waals surface area (Å²) in [5, 5.41) is 3.14. The molecule has 1 aliphatic heterocycles. The lowest BCUT2D eigenvalue weighted by atomic mass is 10.0. The van der Waals surface area contributed by atoms with Gasteiger partial charge in [0, 0.05) is 6.04 Å². The van der Waals surface area contributed by atoms with Gasteiger partial charge in [0.05, 0.1) is 6.42 Å². The first-order valence-corrected chi connectivity index (χ1v) is 9.66. The second-order valence-electron chi connectivity index (χ2n) is 7.40. The van der Waals surface area contributed by atoms with E-state index in [2.05, 4.69) is 29.7 Å². The molecule has 2 fully saturated rings.